The average molecular weight is 354 g/mol. The summed E-state index contributed by atoms with van der Waals surface area (Å²) in [4.78, 5) is 12.9. The van der Waals surface area contributed by atoms with Gasteiger partial charge < -0.3 is 9.47 Å². The highest BCUT2D eigenvalue weighted by atomic mass is 16.5. The normalized spacial score (nSPS) is 35.8. The molecular formula is C23H30O3. The minimum atomic E-state index is 0.0556. The van der Waals surface area contributed by atoms with E-state index in [4.69, 9.17) is 9.47 Å². The first-order valence-electron chi connectivity index (χ1n) is 9.84. The summed E-state index contributed by atoms with van der Waals surface area (Å²) >= 11 is 0. The second kappa shape index (κ2) is 6.23. The molecule has 3 nitrogen and oxygen atoms in total. The van der Waals surface area contributed by atoms with E-state index in [1.165, 1.54) is 18.4 Å². The molecule has 0 N–H and O–H groups in total. The maximum absolute atomic E-state index is 12.9. The smallest absolute Gasteiger partial charge is 0.161 e. The predicted molar refractivity (Wildman–Crippen MR) is 102 cm³/mol. The fraction of sp³-hybridized carbons (Fsp3) is 0.609. The second-order valence-electron chi connectivity index (χ2n) is 9.18. The lowest BCUT2D eigenvalue weighted by molar-refractivity contribution is -0.126. The third-order valence-corrected chi connectivity index (χ3v) is 7.25. The number of ketones is 1. The Morgan fingerprint density at radius 3 is 2.50 bits per heavy atom. The molecule has 1 aromatic rings. The van der Waals surface area contributed by atoms with Crippen molar-refractivity contribution in [3.8, 4) is 5.75 Å². The largest absolute Gasteiger partial charge is 0.497 e. The van der Waals surface area contributed by atoms with E-state index >= 15 is 0 Å². The summed E-state index contributed by atoms with van der Waals surface area (Å²) in [6.07, 6.45) is 4.37. The molecule has 3 aliphatic carbocycles. The van der Waals surface area contributed by atoms with Gasteiger partial charge >= 0.3 is 0 Å². The van der Waals surface area contributed by atoms with E-state index < -0.39 is 0 Å². The summed E-state index contributed by atoms with van der Waals surface area (Å²) in [5, 5.41) is 0. The van der Waals surface area contributed by atoms with Crippen molar-refractivity contribution in [2.75, 3.05) is 13.7 Å². The summed E-state index contributed by atoms with van der Waals surface area (Å²) in [6.45, 7) is 8.13. The van der Waals surface area contributed by atoms with Crippen molar-refractivity contribution < 1.29 is 14.3 Å². The van der Waals surface area contributed by atoms with E-state index in [1.807, 2.05) is 24.3 Å². The molecule has 0 radical (unpaired) electrons. The van der Waals surface area contributed by atoms with Gasteiger partial charge in [-0.3, -0.25) is 4.79 Å². The van der Waals surface area contributed by atoms with Gasteiger partial charge in [0.25, 0.3) is 0 Å². The van der Waals surface area contributed by atoms with Gasteiger partial charge in [-0.15, -0.1) is 0 Å². The zero-order valence-corrected chi connectivity index (χ0v) is 16.4. The van der Waals surface area contributed by atoms with E-state index in [2.05, 4.69) is 20.8 Å². The molecule has 0 spiro atoms. The minimum absolute atomic E-state index is 0.0556. The number of allylic oxidation sites excluding steroid dienone is 2. The van der Waals surface area contributed by atoms with Crippen LogP contribution in [0.4, 0.5) is 0 Å². The standard InChI is InChI=1S/C23H30O3/c1-15-19-9-10-23(19,3)20-12-22(2,11-18(20)21(15)24)14-26-13-16-5-7-17(25-4)8-6-16/h5-8,15,19H,9-14H2,1-4H3. The van der Waals surface area contributed by atoms with Gasteiger partial charge in [0.15, 0.2) is 5.78 Å². The molecule has 4 unspecified atom stereocenters. The van der Waals surface area contributed by atoms with Crippen LogP contribution in [0.2, 0.25) is 0 Å². The van der Waals surface area contributed by atoms with Crippen LogP contribution in [-0.4, -0.2) is 19.5 Å². The van der Waals surface area contributed by atoms with Gasteiger partial charge in [-0.1, -0.05) is 38.5 Å². The second-order valence-corrected chi connectivity index (χ2v) is 9.18. The number of rotatable bonds is 5. The summed E-state index contributed by atoms with van der Waals surface area (Å²) in [7, 11) is 1.68. The monoisotopic (exact) mass is 354 g/mol. The van der Waals surface area contributed by atoms with Gasteiger partial charge in [-0.2, -0.15) is 0 Å². The number of fused-ring (bicyclic) bond motifs is 2. The molecule has 1 fully saturated rings. The van der Waals surface area contributed by atoms with Crippen molar-refractivity contribution in [2.45, 2.75) is 53.1 Å². The van der Waals surface area contributed by atoms with Crippen LogP contribution >= 0.6 is 0 Å². The van der Waals surface area contributed by atoms with Gasteiger partial charge in [-0.05, 0) is 65.7 Å². The van der Waals surface area contributed by atoms with Crippen LogP contribution in [0.3, 0.4) is 0 Å². The summed E-state index contributed by atoms with van der Waals surface area (Å²) in [5.74, 6) is 2.05. The van der Waals surface area contributed by atoms with Crippen LogP contribution in [-0.2, 0) is 16.1 Å². The molecule has 0 heterocycles. The van der Waals surface area contributed by atoms with Crippen LogP contribution < -0.4 is 4.74 Å². The van der Waals surface area contributed by atoms with E-state index in [-0.39, 0.29) is 16.7 Å². The first-order valence-corrected chi connectivity index (χ1v) is 9.84. The first kappa shape index (κ1) is 17.8. The molecule has 3 aliphatic rings. The van der Waals surface area contributed by atoms with E-state index in [9.17, 15) is 4.79 Å². The Morgan fingerprint density at radius 1 is 1.15 bits per heavy atom. The summed E-state index contributed by atoms with van der Waals surface area (Å²) in [5.41, 5.74) is 4.09. The molecule has 1 aromatic carbocycles. The van der Waals surface area contributed by atoms with Crippen molar-refractivity contribution in [1.82, 2.24) is 0 Å². The molecule has 26 heavy (non-hydrogen) atoms. The Balaban J connectivity index is 1.41. The highest BCUT2D eigenvalue weighted by Crippen LogP contribution is 2.64. The van der Waals surface area contributed by atoms with Crippen molar-refractivity contribution in [1.29, 1.82) is 0 Å². The Morgan fingerprint density at radius 2 is 1.88 bits per heavy atom. The summed E-state index contributed by atoms with van der Waals surface area (Å²) in [6, 6.07) is 8.02. The number of benzene rings is 1. The maximum Gasteiger partial charge on any atom is 0.161 e. The Kier molecular flexibility index (Phi) is 4.26. The van der Waals surface area contributed by atoms with Crippen LogP contribution in [0.15, 0.2) is 35.4 Å². The highest BCUT2D eigenvalue weighted by Gasteiger charge is 2.57. The number of carbonyl (C=O) groups is 1. The molecule has 0 amide bonds. The molecule has 4 atom stereocenters. The Labute approximate surface area is 156 Å². The van der Waals surface area contributed by atoms with Crippen LogP contribution in [0.5, 0.6) is 5.75 Å². The number of carbonyl (C=O) groups excluding carboxylic acids is 1. The fourth-order valence-corrected chi connectivity index (χ4v) is 5.53. The number of Topliss-reactive ketones (excluding diaryl/α,β-unsaturated/α-hetero) is 1. The Hall–Kier alpha value is -1.61. The minimum Gasteiger partial charge on any atom is -0.497 e. The van der Waals surface area contributed by atoms with Gasteiger partial charge in [0.2, 0.25) is 0 Å². The van der Waals surface area contributed by atoms with Gasteiger partial charge in [0.1, 0.15) is 5.75 Å². The average Bonchev–Trinajstić information content (AvgIpc) is 2.97. The lowest BCUT2D eigenvalue weighted by atomic mass is 9.49. The van der Waals surface area contributed by atoms with Crippen molar-refractivity contribution in [2.24, 2.45) is 22.7 Å². The SMILES string of the molecule is COc1ccc(COCC2(C)CC3=C(C2)C2(C)CCC2C(C)C3=O)cc1. The highest BCUT2D eigenvalue weighted by molar-refractivity contribution is 6.00. The molecule has 0 saturated heterocycles. The van der Waals surface area contributed by atoms with Crippen LogP contribution in [0, 0.1) is 22.7 Å². The Bertz CT molecular complexity index is 747. The fourth-order valence-electron chi connectivity index (χ4n) is 5.53. The lowest BCUT2D eigenvalue weighted by Crippen LogP contribution is -2.48. The third kappa shape index (κ3) is 2.72. The molecular weight excluding hydrogens is 324 g/mol. The van der Waals surface area contributed by atoms with Crippen molar-refractivity contribution in [3.05, 3.63) is 41.0 Å². The van der Waals surface area contributed by atoms with Gasteiger partial charge in [-0.25, -0.2) is 0 Å². The molecule has 0 aromatic heterocycles. The maximum atomic E-state index is 12.9. The van der Waals surface area contributed by atoms with Crippen LogP contribution in [0.25, 0.3) is 0 Å². The quantitative estimate of drug-likeness (QED) is 0.751. The van der Waals surface area contributed by atoms with Gasteiger partial charge in [0, 0.05) is 5.92 Å². The molecule has 0 bridgehead atoms. The number of ether oxygens (including phenoxy) is 2. The molecule has 4 rings (SSSR count). The number of hydrogen-bond donors (Lipinski definition) is 0. The topological polar surface area (TPSA) is 35.5 Å². The number of hydrogen-bond acceptors (Lipinski definition) is 3. The molecule has 0 aliphatic heterocycles. The van der Waals surface area contributed by atoms with E-state index in [0.29, 0.717) is 24.9 Å². The molecule has 3 heteroatoms. The lowest BCUT2D eigenvalue weighted by Gasteiger charge is -2.54. The molecule has 1 saturated carbocycles. The number of methoxy groups -OCH3 is 1. The van der Waals surface area contributed by atoms with Crippen molar-refractivity contribution >= 4 is 5.78 Å². The molecule has 140 valence electrons. The van der Waals surface area contributed by atoms with Gasteiger partial charge in [0.05, 0.1) is 20.3 Å². The van der Waals surface area contributed by atoms with E-state index in [0.717, 1.165) is 29.7 Å². The predicted octanol–water partition coefficient (Wildman–Crippen LogP) is 4.94. The zero-order valence-electron chi connectivity index (χ0n) is 16.4. The first-order chi connectivity index (χ1) is 12.4. The summed E-state index contributed by atoms with van der Waals surface area (Å²) < 4.78 is 11.3. The van der Waals surface area contributed by atoms with Crippen molar-refractivity contribution in [3.63, 3.8) is 0 Å². The van der Waals surface area contributed by atoms with E-state index in [1.54, 1.807) is 7.11 Å². The van der Waals surface area contributed by atoms with Crippen LogP contribution in [0.1, 0.15) is 52.0 Å². The third-order valence-electron chi connectivity index (χ3n) is 7.25. The zero-order chi connectivity index (χ0) is 18.5.